The molecule has 0 saturated carbocycles. The van der Waals surface area contributed by atoms with Gasteiger partial charge in [-0.2, -0.15) is 0 Å². The van der Waals surface area contributed by atoms with Gasteiger partial charge >= 0.3 is 0 Å². The summed E-state index contributed by atoms with van der Waals surface area (Å²) in [5.41, 5.74) is 0.708. The molecule has 0 aliphatic carbocycles. The van der Waals surface area contributed by atoms with Crippen molar-refractivity contribution >= 4 is 27.7 Å². The third-order valence-corrected chi connectivity index (χ3v) is 6.65. The third kappa shape index (κ3) is 5.50. The van der Waals surface area contributed by atoms with Gasteiger partial charge in [0.2, 0.25) is 15.9 Å². The monoisotopic (exact) mass is 411 g/mol. The number of benzene rings is 1. The number of aromatic nitrogens is 1. The highest BCUT2D eigenvalue weighted by molar-refractivity contribution is 8.00. The van der Waals surface area contributed by atoms with E-state index in [-0.39, 0.29) is 16.6 Å². The molecule has 27 heavy (non-hydrogen) atoms. The number of hydrogen-bond acceptors (Lipinski definition) is 5. The Morgan fingerprint density at radius 3 is 2.48 bits per heavy atom. The first-order chi connectivity index (χ1) is 12.6. The van der Waals surface area contributed by atoms with Gasteiger partial charge < -0.3 is 4.90 Å². The lowest BCUT2D eigenvalue weighted by Crippen LogP contribution is -2.32. The topological polar surface area (TPSA) is 70.6 Å². The van der Waals surface area contributed by atoms with Crippen LogP contribution in [0.5, 0.6) is 0 Å². The highest BCUT2D eigenvalue weighted by atomic mass is 32.2. The second-order valence-electron chi connectivity index (χ2n) is 6.20. The number of halogens is 1. The van der Waals surface area contributed by atoms with Crippen molar-refractivity contribution in [2.24, 2.45) is 0 Å². The van der Waals surface area contributed by atoms with E-state index < -0.39 is 15.3 Å². The van der Waals surface area contributed by atoms with Crippen LogP contribution in [0, 0.1) is 5.82 Å². The number of carbonyl (C=O) groups is 1. The molecule has 1 aromatic carbocycles. The van der Waals surface area contributed by atoms with E-state index in [2.05, 4.69) is 4.98 Å². The van der Waals surface area contributed by atoms with Crippen LogP contribution in [0.4, 0.5) is 4.39 Å². The van der Waals surface area contributed by atoms with Gasteiger partial charge in [0, 0.05) is 33.9 Å². The van der Waals surface area contributed by atoms with Crippen molar-refractivity contribution in [3.63, 3.8) is 0 Å². The van der Waals surface area contributed by atoms with Crippen LogP contribution in [-0.2, 0) is 21.4 Å². The Bertz CT molecular complexity index is 902. The molecule has 0 saturated heterocycles. The summed E-state index contributed by atoms with van der Waals surface area (Å²) in [6.07, 6.45) is 1.28. The van der Waals surface area contributed by atoms with E-state index >= 15 is 0 Å². The molecule has 0 bridgehead atoms. The zero-order valence-corrected chi connectivity index (χ0v) is 17.2. The molecule has 146 valence electrons. The summed E-state index contributed by atoms with van der Waals surface area (Å²) >= 11 is 1.24. The minimum absolute atomic E-state index is 0.0963. The molecule has 0 N–H and O–H groups in total. The molecule has 1 heterocycles. The molecule has 2 aromatic rings. The van der Waals surface area contributed by atoms with E-state index in [1.54, 1.807) is 32.2 Å². The minimum atomic E-state index is -3.53. The van der Waals surface area contributed by atoms with Gasteiger partial charge in [-0.1, -0.05) is 23.9 Å². The van der Waals surface area contributed by atoms with Crippen LogP contribution < -0.4 is 0 Å². The van der Waals surface area contributed by atoms with Gasteiger partial charge in [0.1, 0.15) is 10.7 Å². The molecule has 0 spiro atoms. The fraction of sp³-hybridized carbons (Fsp3) is 0.333. The number of amides is 1. The Balaban J connectivity index is 2.01. The van der Waals surface area contributed by atoms with Gasteiger partial charge in [-0.05, 0) is 36.8 Å². The molecule has 9 heteroatoms. The summed E-state index contributed by atoms with van der Waals surface area (Å²) < 4.78 is 38.5. The molecule has 1 unspecified atom stereocenters. The highest BCUT2D eigenvalue weighted by Crippen LogP contribution is 2.24. The van der Waals surface area contributed by atoms with E-state index in [4.69, 9.17) is 0 Å². The van der Waals surface area contributed by atoms with E-state index in [0.29, 0.717) is 17.1 Å². The SMILES string of the molecule is CC(Sc1ccc(S(=O)(=O)N(C)C)cn1)C(=O)N(C)Cc1cccc(F)c1. The number of carbonyl (C=O) groups excluding carboxylic acids is 1. The maximum atomic E-state index is 13.3. The molecule has 0 aliphatic rings. The normalized spacial score (nSPS) is 12.8. The largest absolute Gasteiger partial charge is 0.340 e. The Morgan fingerprint density at radius 2 is 1.93 bits per heavy atom. The van der Waals surface area contributed by atoms with Crippen LogP contribution in [-0.4, -0.2) is 54.9 Å². The van der Waals surface area contributed by atoms with Crippen LogP contribution in [0.15, 0.2) is 52.5 Å². The fourth-order valence-electron chi connectivity index (χ4n) is 2.33. The Labute approximate surface area is 163 Å². The van der Waals surface area contributed by atoms with E-state index in [1.807, 2.05) is 0 Å². The Kier molecular flexibility index (Phi) is 6.96. The van der Waals surface area contributed by atoms with Gasteiger partial charge in [-0.25, -0.2) is 22.1 Å². The summed E-state index contributed by atoms with van der Waals surface area (Å²) in [4.78, 5) is 18.3. The molecule has 2 rings (SSSR count). The van der Waals surface area contributed by atoms with Crippen molar-refractivity contribution in [3.05, 3.63) is 54.0 Å². The standard InChI is InChI=1S/C18H22FN3O3S2/c1-13(18(23)22(4)12-14-6-5-7-15(19)10-14)26-17-9-8-16(11-20-17)27(24,25)21(2)3/h5-11,13H,12H2,1-4H3. The van der Waals surface area contributed by atoms with Gasteiger partial charge in [-0.3, -0.25) is 4.79 Å². The lowest BCUT2D eigenvalue weighted by atomic mass is 10.2. The second kappa shape index (κ2) is 8.81. The van der Waals surface area contributed by atoms with Crippen molar-refractivity contribution in [1.82, 2.24) is 14.2 Å². The number of rotatable bonds is 7. The number of nitrogens with zero attached hydrogens (tertiary/aromatic N) is 3. The quantitative estimate of drug-likeness (QED) is 0.655. The number of hydrogen-bond donors (Lipinski definition) is 0. The fourth-order valence-corrected chi connectivity index (χ4v) is 4.08. The lowest BCUT2D eigenvalue weighted by Gasteiger charge is -2.21. The zero-order chi connectivity index (χ0) is 20.2. The number of pyridine rings is 1. The van der Waals surface area contributed by atoms with Gasteiger partial charge in [0.15, 0.2) is 0 Å². The van der Waals surface area contributed by atoms with Crippen molar-refractivity contribution in [1.29, 1.82) is 0 Å². The number of sulfonamides is 1. The zero-order valence-electron chi connectivity index (χ0n) is 15.6. The van der Waals surface area contributed by atoms with Gasteiger partial charge in [0.05, 0.1) is 10.3 Å². The molecule has 1 amide bonds. The van der Waals surface area contributed by atoms with Crippen molar-refractivity contribution in [3.8, 4) is 0 Å². The van der Waals surface area contributed by atoms with Crippen LogP contribution in [0.1, 0.15) is 12.5 Å². The molecular weight excluding hydrogens is 389 g/mol. The van der Waals surface area contributed by atoms with Crippen LogP contribution in [0.3, 0.4) is 0 Å². The molecule has 0 aliphatic heterocycles. The summed E-state index contributed by atoms with van der Waals surface area (Å²) in [6, 6.07) is 9.17. The minimum Gasteiger partial charge on any atom is -0.340 e. The van der Waals surface area contributed by atoms with Gasteiger partial charge in [-0.15, -0.1) is 0 Å². The van der Waals surface area contributed by atoms with Crippen LogP contribution in [0.25, 0.3) is 0 Å². The maximum Gasteiger partial charge on any atom is 0.244 e. The average Bonchev–Trinajstić information content (AvgIpc) is 2.61. The summed E-state index contributed by atoms with van der Waals surface area (Å²) in [7, 11) is 1.03. The Hall–Kier alpha value is -1.97. The smallest absolute Gasteiger partial charge is 0.244 e. The first kappa shape index (κ1) is 21.3. The molecule has 1 aromatic heterocycles. The predicted octanol–water partition coefficient (Wildman–Crippen LogP) is 2.61. The van der Waals surface area contributed by atoms with Crippen molar-refractivity contribution in [2.75, 3.05) is 21.1 Å². The molecule has 0 radical (unpaired) electrons. The molecule has 1 atom stereocenters. The van der Waals surface area contributed by atoms with Crippen molar-refractivity contribution in [2.45, 2.75) is 28.6 Å². The van der Waals surface area contributed by atoms with E-state index in [1.165, 1.54) is 55.2 Å². The summed E-state index contributed by atoms with van der Waals surface area (Å²) in [5.74, 6) is -0.469. The first-order valence-electron chi connectivity index (χ1n) is 8.16. The lowest BCUT2D eigenvalue weighted by molar-refractivity contribution is -0.129. The molecule has 0 fully saturated rings. The predicted molar refractivity (Wildman–Crippen MR) is 103 cm³/mol. The first-order valence-corrected chi connectivity index (χ1v) is 10.5. The maximum absolute atomic E-state index is 13.3. The van der Waals surface area contributed by atoms with Crippen molar-refractivity contribution < 1.29 is 17.6 Å². The van der Waals surface area contributed by atoms with E-state index in [9.17, 15) is 17.6 Å². The summed E-state index contributed by atoms with van der Waals surface area (Å²) in [5, 5.41) is 0.125. The third-order valence-electron chi connectivity index (χ3n) is 3.82. The number of thioether (sulfide) groups is 1. The van der Waals surface area contributed by atoms with Crippen LogP contribution >= 0.6 is 11.8 Å². The molecule has 6 nitrogen and oxygen atoms in total. The van der Waals surface area contributed by atoms with Gasteiger partial charge in [0.25, 0.3) is 0 Å². The van der Waals surface area contributed by atoms with E-state index in [0.717, 1.165) is 4.31 Å². The second-order valence-corrected chi connectivity index (χ2v) is 9.72. The highest BCUT2D eigenvalue weighted by Gasteiger charge is 2.21. The van der Waals surface area contributed by atoms with Crippen LogP contribution in [0.2, 0.25) is 0 Å². The molecular formula is C18H22FN3O3S2. The average molecular weight is 412 g/mol. The Morgan fingerprint density at radius 1 is 1.22 bits per heavy atom. The summed E-state index contributed by atoms with van der Waals surface area (Å²) in [6.45, 7) is 2.05.